The number of nitrogens with zero attached hydrogens (tertiary/aromatic N) is 2. The van der Waals surface area contributed by atoms with E-state index >= 15 is 0 Å². The van der Waals surface area contributed by atoms with E-state index in [9.17, 15) is 14.4 Å². The average molecular weight is 380 g/mol. The van der Waals surface area contributed by atoms with Gasteiger partial charge in [-0.05, 0) is 30.7 Å². The minimum Gasteiger partial charge on any atom is -0.497 e. The van der Waals surface area contributed by atoms with Gasteiger partial charge in [0, 0.05) is 11.9 Å². The zero-order valence-corrected chi connectivity index (χ0v) is 15.6. The van der Waals surface area contributed by atoms with Gasteiger partial charge < -0.3 is 4.74 Å². The molecule has 8 heteroatoms. The molecule has 2 amide bonds. The van der Waals surface area contributed by atoms with Gasteiger partial charge in [-0.1, -0.05) is 30.3 Å². The van der Waals surface area contributed by atoms with Gasteiger partial charge in [0.05, 0.1) is 18.9 Å². The number of benzene rings is 2. The number of fused-ring (bicyclic) bond motifs is 1. The van der Waals surface area contributed by atoms with Gasteiger partial charge in [0.25, 0.3) is 11.5 Å². The molecule has 3 rings (SSSR count). The summed E-state index contributed by atoms with van der Waals surface area (Å²) >= 11 is 0. The lowest BCUT2D eigenvalue weighted by Gasteiger charge is -2.11. The highest BCUT2D eigenvalue weighted by atomic mass is 16.5. The number of aromatic nitrogens is 2. The second-order valence-corrected chi connectivity index (χ2v) is 6.05. The fourth-order valence-electron chi connectivity index (χ4n) is 2.81. The maximum absolute atomic E-state index is 12.6. The number of ether oxygens (including phenoxy) is 1. The van der Waals surface area contributed by atoms with Crippen LogP contribution in [0, 0.1) is 0 Å². The summed E-state index contributed by atoms with van der Waals surface area (Å²) in [5.41, 5.74) is 5.29. The summed E-state index contributed by atoms with van der Waals surface area (Å²) in [7, 11) is 1.55. The summed E-state index contributed by atoms with van der Waals surface area (Å²) in [6, 6.07) is 13.8. The number of aryl methyl sites for hydroxylation is 1. The maximum atomic E-state index is 12.6. The Bertz CT molecular complexity index is 1090. The summed E-state index contributed by atoms with van der Waals surface area (Å²) in [5.74, 6) is -0.348. The lowest BCUT2D eigenvalue weighted by Crippen LogP contribution is -2.43. The predicted molar refractivity (Wildman–Crippen MR) is 104 cm³/mol. The highest BCUT2D eigenvalue weighted by molar-refractivity contribution is 6.05. The third-order valence-corrected chi connectivity index (χ3v) is 4.20. The van der Waals surface area contributed by atoms with E-state index in [1.165, 1.54) is 4.68 Å². The topological polar surface area (TPSA) is 102 Å². The summed E-state index contributed by atoms with van der Waals surface area (Å²) in [4.78, 5) is 37.1. The second-order valence-electron chi connectivity index (χ2n) is 6.05. The number of carbonyl (C=O) groups is 2. The zero-order valence-electron chi connectivity index (χ0n) is 15.6. The number of nitrogens with one attached hydrogen (secondary N) is 2. The Balaban J connectivity index is 1.75. The van der Waals surface area contributed by atoms with Crippen LogP contribution in [-0.4, -0.2) is 28.7 Å². The van der Waals surface area contributed by atoms with E-state index in [4.69, 9.17) is 4.74 Å². The first-order chi connectivity index (χ1) is 13.5. The molecule has 0 saturated heterocycles. The van der Waals surface area contributed by atoms with Crippen molar-refractivity contribution in [1.82, 2.24) is 20.6 Å². The molecule has 144 valence electrons. The zero-order chi connectivity index (χ0) is 20.1. The SMILES string of the molecule is CCn1nc(C(=O)NNC(=O)Cc2cccc(OC)c2)c2ccccc2c1=O. The normalized spacial score (nSPS) is 10.5. The van der Waals surface area contributed by atoms with Gasteiger partial charge >= 0.3 is 0 Å². The van der Waals surface area contributed by atoms with E-state index in [1.54, 1.807) is 62.6 Å². The van der Waals surface area contributed by atoms with E-state index in [0.29, 0.717) is 23.1 Å². The molecule has 0 bridgehead atoms. The van der Waals surface area contributed by atoms with E-state index in [2.05, 4.69) is 16.0 Å². The summed E-state index contributed by atoms with van der Waals surface area (Å²) in [5, 5.41) is 4.95. The Kier molecular flexibility index (Phi) is 5.69. The van der Waals surface area contributed by atoms with Crippen LogP contribution in [0.3, 0.4) is 0 Å². The summed E-state index contributed by atoms with van der Waals surface area (Å²) in [6.07, 6.45) is 0.0696. The van der Waals surface area contributed by atoms with Crippen LogP contribution in [-0.2, 0) is 17.8 Å². The van der Waals surface area contributed by atoms with Crippen molar-refractivity contribution in [1.29, 1.82) is 0 Å². The number of amides is 2. The largest absolute Gasteiger partial charge is 0.497 e. The highest BCUT2D eigenvalue weighted by Crippen LogP contribution is 2.14. The van der Waals surface area contributed by atoms with Crippen molar-refractivity contribution in [3.63, 3.8) is 0 Å². The molecule has 0 aliphatic carbocycles. The van der Waals surface area contributed by atoms with E-state index in [1.807, 2.05) is 0 Å². The molecule has 0 unspecified atom stereocenters. The molecule has 2 aromatic carbocycles. The molecule has 1 heterocycles. The van der Waals surface area contributed by atoms with Crippen LogP contribution in [0.5, 0.6) is 5.75 Å². The minimum atomic E-state index is -0.600. The molecule has 0 radical (unpaired) electrons. The molecular formula is C20H20N4O4. The van der Waals surface area contributed by atoms with Crippen LogP contribution < -0.4 is 21.1 Å². The van der Waals surface area contributed by atoms with Gasteiger partial charge in [0.15, 0.2) is 5.69 Å². The predicted octanol–water partition coefficient (Wildman–Crippen LogP) is 1.43. The minimum absolute atomic E-state index is 0.0683. The van der Waals surface area contributed by atoms with Crippen molar-refractivity contribution in [2.45, 2.75) is 19.9 Å². The third-order valence-electron chi connectivity index (χ3n) is 4.20. The Morgan fingerprint density at radius 3 is 2.54 bits per heavy atom. The monoisotopic (exact) mass is 380 g/mol. The first-order valence-corrected chi connectivity index (χ1v) is 8.75. The van der Waals surface area contributed by atoms with Gasteiger partial charge in [-0.2, -0.15) is 5.10 Å². The van der Waals surface area contributed by atoms with Crippen LogP contribution in [0.15, 0.2) is 53.3 Å². The van der Waals surface area contributed by atoms with E-state index in [0.717, 1.165) is 5.56 Å². The third kappa shape index (κ3) is 4.01. The summed E-state index contributed by atoms with van der Waals surface area (Å²) < 4.78 is 6.34. The van der Waals surface area contributed by atoms with Crippen LogP contribution >= 0.6 is 0 Å². The smallest absolute Gasteiger partial charge is 0.290 e. The quantitative estimate of drug-likeness (QED) is 0.652. The lowest BCUT2D eigenvalue weighted by molar-refractivity contribution is -0.121. The number of carbonyl (C=O) groups excluding carboxylic acids is 2. The van der Waals surface area contributed by atoms with Crippen LogP contribution in [0.1, 0.15) is 23.0 Å². The molecule has 2 N–H and O–H groups in total. The number of hydrogen-bond acceptors (Lipinski definition) is 5. The molecule has 8 nitrogen and oxygen atoms in total. The van der Waals surface area contributed by atoms with Gasteiger partial charge in [-0.3, -0.25) is 25.2 Å². The molecule has 0 aliphatic rings. The molecule has 0 saturated carbocycles. The lowest BCUT2D eigenvalue weighted by atomic mass is 10.1. The van der Waals surface area contributed by atoms with E-state index in [-0.39, 0.29) is 17.7 Å². The van der Waals surface area contributed by atoms with Gasteiger partial charge in [-0.25, -0.2) is 4.68 Å². The Morgan fingerprint density at radius 2 is 1.82 bits per heavy atom. The fourth-order valence-corrected chi connectivity index (χ4v) is 2.81. The molecule has 0 aliphatic heterocycles. The molecule has 3 aromatic rings. The highest BCUT2D eigenvalue weighted by Gasteiger charge is 2.16. The number of hydrogen-bond donors (Lipinski definition) is 2. The van der Waals surface area contributed by atoms with Gasteiger partial charge in [-0.15, -0.1) is 0 Å². The molecule has 28 heavy (non-hydrogen) atoms. The number of methoxy groups -OCH3 is 1. The summed E-state index contributed by atoms with van der Waals surface area (Å²) in [6.45, 7) is 2.09. The van der Waals surface area contributed by atoms with E-state index < -0.39 is 11.8 Å². The standard InChI is InChI=1S/C20H20N4O4/c1-3-24-20(27)16-10-5-4-9-15(16)18(23-24)19(26)22-21-17(25)12-13-7-6-8-14(11-13)28-2/h4-11H,3,12H2,1-2H3,(H,21,25)(H,22,26). The van der Waals surface area contributed by atoms with Crippen LogP contribution in [0.4, 0.5) is 0 Å². The molecule has 0 fully saturated rings. The molecule has 0 spiro atoms. The van der Waals surface area contributed by atoms with Crippen molar-refractivity contribution in [3.8, 4) is 5.75 Å². The van der Waals surface area contributed by atoms with Crippen molar-refractivity contribution < 1.29 is 14.3 Å². The van der Waals surface area contributed by atoms with Crippen molar-refractivity contribution in [3.05, 3.63) is 70.1 Å². The second kappa shape index (κ2) is 8.34. The molecule has 0 atom stereocenters. The first kappa shape index (κ1) is 19.1. The van der Waals surface area contributed by atoms with Crippen molar-refractivity contribution in [2.75, 3.05) is 7.11 Å². The maximum Gasteiger partial charge on any atom is 0.290 e. The Hall–Kier alpha value is -3.68. The number of rotatable bonds is 5. The van der Waals surface area contributed by atoms with Crippen LogP contribution in [0.2, 0.25) is 0 Å². The molecular weight excluding hydrogens is 360 g/mol. The molecule has 1 aromatic heterocycles. The van der Waals surface area contributed by atoms with Gasteiger partial charge in [0.1, 0.15) is 5.75 Å². The first-order valence-electron chi connectivity index (χ1n) is 8.75. The van der Waals surface area contributed by atoms with Gasteiger partial charge in [0.2, 0.25) is 5.91 Å². The Labute approximate surface area is 161 Å². The van der Waals surface area contributed by atoms with Crippen molar-refractivity contribution >= 4 is 22.6 Å². The van der Waals surface area contributed by atoms with Crippen LogP contribution in [0.25, 0.3) is 10.8 Å². The van der Waals surface area contributed by atoms with Crippen molar-refractivity contribution in [2.24, 2.45) is 0 Å². The fraction of sp³-hybridized carbons (Fsp3) is 0.200. The Morgan fingerprint density at radius 1 is 1.07 bits per heavy atom. The number of hydrazine groups is 1. The average Bonchev–Trinajstić information content (AvgIpc) is 2.72.